The maximum Gasteiger partial charge on any atom is 0.251 e. The summed E-state index contributed by atoms with van der Waals surface area (Å²) < 4.78 is 6.12. The molecule has 12 nitrogen and oxygen atoms in total. The summed E-state index contributed by atoms with van der Waals surface area (Å²) in [5.74, 6) is 1.03. The first kappa shape index (κ1) is 42.6. The molecule has 3 saturated carbocycles. The Morgan fingerprint density at radius 3 is 2.35 bits per heavy atom. The Bertz CT molecular complexity index is 1870. The van der Waals surface area contributed by atoms with E-state index < -0.39 is 36.3 Å². The van der Waals surface area contributed by atoms with Crippen LogP contribution in [0.4, 0.5) is 5.69 Å². The van der Waals surface area contributed by atoms with E-state index in [1.165, 1.54) is 6.42 Å². The van der Waals surface area contributed by atoms with Gasteiger partial charge in [-0.25, -0.2) is 0 Å². The smallest absolute Gasteiger partial charge is 0.251 e. The predicted octanol–water partition coefficient (Wildman–Crippen LogP) is 4.45. The van der Waals surface area contributed by atoms with Gasteiger partial charge in [-0.1, -0.05) is 69.3 Å². The van der Waals surface area contributed by atoms with Crippen LogP contribution in [0.3, 0.4) is 0 Å². The second kappa shape index (κ2) is 17.4. The lowest BCUT2D eigenvalue weighted by molar-refractivity contribution is -0.175. The van der Waals surface area contributed by atoms with Gasteiger partial charge in [-0.3, -0.25) is 14.4 Å². The number of aliphatic hydroxyl groups is 2. The number of carbonyl (C=O) groups excluding carboxylic acids is 2. The second-order valence-electron chi connectivity index (χ2n) is 17.6. The molecule has 0 unspecified atom stereocenters. The van der Waals surface area contributed by atoms with Crippen molar-refractivity contribution in [3.05, 3.63) is 83.4 Å². The number of likely N-dealkylation sites (N-methyl/N-ethyl adjacent to an activating group) is 1. The third kappa shape index (κ3) is 8.72. The van der Waals surface area contributed by atoms with E-state index in [1.54, 1.807) is 19.1 Å². The minimum absolute atomic E-state index is 0.0516. The molecule has 12 heteroatoms. The molecule has 4 fully saturated rings. The third-order valence-electron chi connectivity index (χ3n) is 13.1. The Labute approximate surface area is 338 Å². The van der Waals surface area contributed by atoms with E-state index in [2.05, 4.69) is 31.4 Å². The number of ether oxygens (including phenoxy) is 1. The highest BCUT2D eigenvalue weighted by Crippen LogP contribution is 2.61. The number of hydrogen-bond acceptors (Lipinski definition) is 10. The van der Waals surface area contributed by atoms with Gasteiger partial charge in [0.2, 0.25) is 5.91 Å². The van der Waals surface area contributed by atoms with E-state index in [0.29, 0.717) is 35.6 Å². The lowest BCUT2D eigenvalue weighted by Crippen LogP contribution is -2.62. The van der Waals surface area contributed by atoms with E-state index in [1.807, 2.05) is 105 Å². The van der Waals surface area contributed by atoms with Gasteiger partial charge in [0.25, 0.3) is 5.91 Å². The van der Waals surface area contributed by atoms with Crippen molar-refractivity contribution in [3.63, 3.8) is 0 Å². The summed E-state index contributed by atoms with van der Waals surface area (Å²) in [5.41, 5.74) is 10.7. The largest absolute Gasteiger partial charge is 0.496 e. The number of aliphatic hydroxyl groups excluding tert-OH is 2. The lowest BCUT2D eigenvalue weighted by Gasteiger charge is -2.62. The van der Waals surface area contributed by atoms with Crippen LogP contribution < -0.4 is 26.0 Å². The molecule has 1 aliphatic heterocycles. The number of fused-ring (bicyclic) bond motifs is 2. The quantitative estimate of drug-likeness (QED) is 0.150. The number of hydrogen-bond donors (Lipinski definition) is 5. The topological polar surface area (TPSA) is 153 Å². The highest BCUT2D eigenvalue weighted by atomic mass is 16.7. The summed E-state index contributed by atoms with van der Waals surface area (Å²) >= 11 is 0. The van der Waals surface area contributed by atoms with Crippen LogP contribution in [0.5, 0.6) is 5.75 Å². The first-order valence-corrected chi connectivity index (χ1v) is 20.3. The van der Waals surface area contributed by atoms with E-state index in [4.69, 9.17) is 15.3 Å². The molecule has 10 atom stereocenters. The molecule has 0 aromatic heterocycles. The molecule has 0 radical (unpaired) electrons. The van der Waals surface area contributed by atoms with Crippen molar-refractivity contribution >= 4 is 17.5 Å². The lowest BCUT2D eigenvalue weighted by atomic mass is 9.45. The van der Waals surface area contributed by atoms with Crippen molar-refractivity contribution in [1.29, 1.82) is 0 Å². The van der Waals surface area contributed by atoms with Crippen molar-refractivity contribution in [1.82, 2.24) is 20.6 Å². The van der Waals surface area contributed by atoms with Gasteiger partial charge in [-0.05, 0) is 86.4 Å². The number of benzene rings is 3. The average molecular weight is 785 g/mol. The van der Waals surface area contributed by atoms with Gasteiger partial charge in [-0.15, -0.1) is 0 Å². The highest BCUT2D eigenvalue weighted by molar-refractivity contribution is 5.97. The maximum atomic E-state index is 14.3. The molecular formula is C45H64N6O6. The van der Waals surface area contributed by atoms with Gasteiger partial charge in [0.15, 0.2) is 0 Å². The van der Waals surface area contributed by atoms with Crippen LogP contribution in [0.15, 0.2) is 66.7 Å². The summed E-state index contributed by atoms with van der Waals surface area (Å²) in [5, 5.41) is 30.5. The van der Waals surface area contributed by atoms with Crippen molar-refractivity contribution in [3.8, 4) is 16.9 Å². The molecule has 7 rings (SSSR count). The number of rotatable bonds is 15. The predicted molar refractivity (Wildman–Crippen MR) is 223 cm³/mol. The normalized spacial score (nSPS) is 26.9. The number of carbonyl (C=O) groups is 2. The second-order valence-corrected chi connectivity index (χ2v) is 17.6. The van der Waals surface area contributed by atoms with Crippen molar-refractivity contribution < 1.29 is 29.4 Å². The molecule has 0 spiro atoms. The summed E-state index contributed by atoms with van der Waals surface area (Å²) in [6, 6.07) is 19.5. The molecule has 3 aromatic carbocycles. The van der Waals surface area contributed by atoms with Gasteiger partial charge in [0, 0.05) is 61.5 Å². The zero-order chi connectivity index (χ0) is 41.3. The number of methoxy groups -OCH3 is 1. The number of para-hydroxylation sites is 1. The zero-order valence-corrected chi connectivity index (χ0v) is 35.1. The average Bonchev–Trinajstić information content (AvgIpc) is 3.56. The SMILES string of the molecule is COc1c(CN2O[C@@H](CN)[C@@H]([C@H](C)O)[C@H]2C(=O)N[C@H]2C[C@@H]3C[C@@H]([C@@H]2C)C3(C)C)cccc1-c1cc(C(=O)N[C@H](CN(C)C)[C@H](O)c2ccccc2)cc(N(C)C)c1. The van der Waals surface area contributed by atoms with Gasteiger partial charge < -0.3 is 41.1 Å². The Kier molecular flexibility index (Phi) is 13.0. The van der Waals surface area contributed by atoms with Gasteiger partial charge in [0.1, 0.15) is 17.9 Å². The van der Waals surface area contributed by atoms with Crippen LogP contribution in [0.25, 0.3) is 11.1 Å². The Balaban J connectivity index is 1.29. The fourth-order valence-electron chi connectivity index (χ4n) is 9.78. The number of hydroxylamine groups is 2. The summed E-state index contributed by atoms with van der Waals surface area (Å²) in [4.78, 5) is 38.7. The number of anilines is 1. The molecule has 1 heterocycles. The fourth-order valence-corrected chi connectivity index (χ4v) is 9.78. The first-order valence-electron chi connectivity index (χ1n) is 20.3. The van der Waals surface area contributed by atoms with Crippen LogP contribution >= 0.6 is 0 Å². The minimum atomic E-state index is -0.916. The summed E-state index contributed by atoms with van der Waals surface area (Å²) in [6.07, 6.45) is -0.164. The minimum Gasteiger partial charge on any atom is -0.496 e. The molecule has 2 amide bonds. The standard InChI is InChI=1S/C45H64N6O6/c1-26-35-21-32(45(35,3)4)22-36(26)47-44(55)40-39(27(2)52)38(23-46)57-51(40)24-29-16-13-17-34(42(29)56-9)30-18-31(20-33(19-30)50(7)8)43(54)48-37(25-49(5)6)41(53)28-14-11-10-12-15-28/h10-20,26-27,32,35-41,52-53H,21-25,46H2,1-9H3,(H,47,55)(H,48,54)/t26-,27-,32-,35-,36-,37+,38-,39+,40-,41+/m0/s1. The van der Waals surface area contributed by atoms with E-state index >= 15 is 0 Å². The molecule has 2 bridgehead atoms. The Morgan fingerprint density at radius 1 is 1.04 bits per heavy atom. The third-order valence-corrected chi connectivity index (χ3v) is 13.1. The van der Waals surface area contributed by atoms with E-state index in [9.17, 15) is 19.8 Å². The Morgan fingerprint density at radius 2 is 1.75 bits per heavy atom. The molecule has 310 valence electrons. The number of nitrogens with zero attached hydrogens (tertiary/aromatic N) is 3. The van der Waals surface area contributed by atoms with Crippen molar-refractivity contribution in [2.45, 2.75) is 83.5 Å². The summed E-state index contributed by atoms with van der Waals surface area (Å²) in [7, 11) is 9.26. The Hall–Kier alpha value is -4.04. The monoisotopic (exact) mass is 784 g/mol. The van der Waals surface area contributed by atoms with E-state index in [0.717, 1.165) is 34.4 Å². The molecule has 4 aliphatic rings. The van der Waals surface area contributed by atoms with Gasteiger partial charge in [-0.2, -0.15) is 5.06 Å². The summed E-state index contributed by atoms with van der Waals surface area (Å²) in [6.45, 7) is 9.39. The van der Waals surface area contributed by atoms with Crippen LogP contribution in [0, 0.1) is 29.1 Å². The molecular weight excluding hydrogens is 721 g/mol. The molecule has 1 saturated heterocycles. The number of nitrogens with one attached hydrogen (secondary N) is 2. The number of nitrogens with two attached hydrogens (primary N) is 1. The fraction of sp³-hybridized carbons (Fsp3) is 0.556. The molecule has 3 aromatic rings. The van der Waals surface area contributed by atoms with Crippen LogP contribution in [0.2, 0.25) is 0 Å². The van der Waals surface area contributed by atoms with Crippen LogP contribution in [-0.4, -0.2) is 111 Å². The zero-order valence-electron chi connectivity index (χ0n) is 35.1. The molecule has 6 N–H and O–H groups in total. The number of amides is 2. The highest BCUT2D eigenvalue weighted by Gasteiger charge is 2.57. The van der Waals surface area contributed by atoms with Crippen LogP contribution in [-0.2, 0) is 16.2 Å². The maximum absolute atomic E-state index is 14.3. The van der Waals surface area contributed by atoms with Gasteiger partial charge in [0.05, 0.1) is 31.9 Å². The van der Waals surface area contributed by atoms with Crippen molar-refractivity contribution in [2.75, 3.05) is 53.3 Å². The van der Waals surface area contributed by atoms with Gasteiger partial charge >= 0.3 is 0 Å². The molecule has 3 aliphatic carbocycles. The first-order chi connectivity index (χ1) is 27.0. The van der Waals surface area contributed by atoms with E-state index in [-0.39, 0.29) is 36.4 Å². The van der Waals surface area contributed by atoms with Crippen LogP contribution in [0.1, 0.15) is 68.1 Å². The molecule has 57 heavy (non-hydrogen) atoms. The van der Waals surface area contributed by atoms with Crippen molar-refractivity contribution in [2.24, 2.45) is 34.8 Å².